The second-order valence-corrected chi connectivity index (χ2v) is 5.52. The predicted molar refractivity (Wildman–Crippen MR) is 93.9 cm³/mol. The molecule has 0 radical (unpaired) electrons. The first kappa shape index (κ1) is 18.1. The molecule has 0 aliphatic heterocycles. The summed E-state index contributed by atoms with van der Waals surface area (Å²) in [4.78, 5) is 16.2. The van der Waals surface area contributed by atoms with Gasteiger partial charge >= 0.3 is 0 Å². The first-order valence-electron chi connectivity index (χ1n) is 7.87. The van der Waals surface area contributed by atoms with Crippen LogP contribution in [-0.4, -0.2) is 24.1 Å². The minimum Gasteiger partial charge on any atom is -0.490 e. The van der Waals surface area contributed by atoms with Gasteiger partial charge in [-0.1, -0.05) is 17.7 Å². The summed E-state index contributed by atoms with van der Waals surface area (Å²) in [6.07, 6.45) is 1.51. The summed E-state index contributed by atoms with van der Waals surface area (Å²) in [5.41, 5.74) is 1.40. The van der Waals surface area contributed by atoms with E-state index in [-0.39, 0.29) is 17.1 Å². The number of nitrogens with one attached hydrogen (secondary N) is 1. The van der Waals surface area contributed by atoms with Crippen LogP contribution in [0, 0.1) is 0 Å². The molecule has 1 aromatic carbocycles. The van der Waals surface area contributed by atoms with Crippen molar-refractivity contribution in [1.29, 1.82) is 0 Å². The Hall–Kier alpha value is -2.27. The molecule has 1 atom stereocenters. The SMILES string of the molecule is CCOc1ccc(C(C)NC(=O)c2ccnc(Cl)c2)cc1OCC. The maximum absolute atomic E-state index is 12.3. The van der Waals surface area contributed by atoms with E-state index in [9.17, 15) is 4.79 Å². The van der Waals surface area contributed by atoms with Crippen molar-refractivity contribution in [3.05, 3.63) is 52.8 Å². The van der Waals surface area contributed by atoms with Gasteiger partial charge in [0.25, 0.3) is 5.91 Å². The van der Waals surface area contributed by atoms with Gasteiger partial charge in [0, 0.05) is 11.8 Å². The molecule has 1 aromatic heterocycles. The lowest BCUT2D eigenvalue weighted by Gasteiger charge is -2.17. The third kappa shape index (κ3) is 4.61. The Morgan fingerprint density at radius 1 is 1.17 bits per heavy atom. The van der Waals surface area contributed by atoms with Crippen molar-refractivity contribution in [3.63, 3.8) is 0 Å². The quantitative estimate of drug-likeness (QED) is 0.767. The molecule has 0 saturated carbocycles. The molecule has 0 fully saturated rings. The maximum Gasteiger partial charge on any atom is 0.251 e. The maximum atomic E-state index is 12.3. The van der Waals surface area contributed by atoms with E-state index in [1.807, 2.05) is 39.0 Å². The number of rotatable bonds is 7. The Labute approximate surface area is 147 Å². The number of hydrogen-bond donors (Lipinski definition) is 1. The summed E-state index contributed by atoms with van der Waals surface area (Å²) >= 11 is 5.82. The Balaban J connectivity index is 2.15. The molecule has 1 unspecified atom stereocenters. The highest BCUT2D eigenvalue weighted by Crippen LogP contribution is 2.30. The number of pyridine rings is 1. The highest BCUT2D eigenvalue weighted by atomic mass is 35.5. The molecule has 128 valence electrons. The molecule has 0 aliphatic rings. The standard InChI is InChI=1S/C18H21ClN2O3/c1-4-23-15-7-6-13(10-16(15)24-5-2)12(3)21-18(22)14-8-9-20-17(19)11-14/h6-12H,4-5H2,1-3H3,(H,21,22). The van der Waals surface area contributed by atoms with Crippen molar-refractivity contribution < 1.29 is 14.3 Å². The lowest BCUT2D eigenvalue weighted by atomic mass is 10.1. The Bertz CT molecular complexity index is 706. The minimum atomic E-state index is -0.210. The third-order valence-corrected chi connectivity index (χ3v) is 3.61. The van der Waals surface area contributed by atoms with E-state index in [1.165, 1.54) is 12.3 Å². The van der Waals surface area contributed by atoms with Crippen LogP contribution in [0.15, 0.2) is 36.5 Å². The molecular formula is C18H21ClN2O3. The number of nitrogens with zero attached hydrogens (tertiary/aromatic N) is 1. The van der Waals surface area contributed by atoms with Crippen molar-refractivity contribution in [3.8, 4) is 11.5 Å². The molecule has 2 aromatic rings. The minimum absolute atomic E-state index is 0.195. The van der Waals surface area contributed by atoms with Crippen molar-refractivity contribution in [2.75, 3.05) is 13.2 Å². The van der Waals surface area contributed by atoms with E-state index in [4.69, 9.17) is 21.1 Å². The number of amides is 1. The van der Waals surface area contributed by atoms with Gasteiger partial charge in [0.15, 0.2) is 11.5 Å². The number of ether oxygens (including phenoxy) is 2. The first-order valence-corrected chi connectivity index (χ1v) is 8.24. The largest absolute Gasteiger partial charge is 0.490 e. The van der Waals surface area contributed by atoms with Gasteiger partial charge in [-0.2, -0.15) is 0 Å². The molecule has 1 amide bonds. The van der Waals surface area contributed by atoms with Crippen molar-refractivity contribution in [2.24, 2.45) is 0 Å². The summed E-state index contributed by atoms with van der Waals surface area (Å²) in [5.74, 6) is 1.16. The fourth-order valence-corrected chi connectivity index (χ4v) is 2.42. The normalized spacial score (nSPS) is 11.7. The van der Waals surface area contributed by atoms with Crippen LogP contribution in [0.25, 0.3) is 0 Å². The monoisotopic (exact) mass is 348 g/mol. The van der Waals surface area contributed by atoms with E-state index in [0.29, 0.717) is 30.3 Å². The zero-order valence-corrected chi connectivity index (χ0v) is 14.8. The zero-order valence-electron chi connectivity index (χ0n) is 14.0. The second-order valence-electron chi connectivity index (χ2n) is 5.13. The molecule has 6 heteroatoms. The highest BCUT2D eigenvalue weighted by Gasteiger charge is 2.14. The molecule has 0 spiro atoms. The smallest absolute Gasteiger partial charge is 0.251 e. The van der Waals surface area contributed by atoms with Crippen LogP contribution in [0.2, 0.25) is 5.15 Å². The molecule has 1 N–H and O–H groups in total. The number of carbonyl (C=O) groups excluding carboxylic acids is 1. The third-order valence-electron chi connectivity index (χ3n) is 3.40. The van der Waals surface area contributed by atoms with E-state index in [2.05, 4.69) is 10.3 Å². The Kier molecular flexibility index (Phi) is 6.44. The van der Waals surface area contributed by atoms with Gasteiger partial charge in [0.05, 0.1) is 19.3 Å². The van der Waals surface area contributed by atoms with Crippen LogP contribution in [0.3, 0.4) is 0 Å². The summed E-state index contributed by atoms with van der Waals surface area (Å²) in [7, 11) is 0. The van der Waals surface area contributed by atoms with Crippen LogP contribution in [0.5, 0.6) is 11.5 Å². The summed E-state index contributed by atoms with van der Waals surface area (Å²) in [6.45, 7) is 6.85. The summed E-state index contributed by atoms with van der Waals surface area (Å²) in [6, 6.07) is 8.62. The Morgan fingerprint density at radius 2 is 1.88 bits per heavy atom. The molecule has 0 aliphatic carbocycles. The van der Waals surface area contributed by atoms with Crippen LogP contribution < -0.4 is 14.8 Å². The number of benzene rings is 1. The van der Waals surface area contributed by atoms with Gasteiger partial charge in [-0.15, -0.1) is 0 Å². The number of halogens is 1. The predicted octanol–water partition coefficient (Wildman–Crippen LogP) is 4.02. The fourth-order valence-electron chi connectivity index (χ4n) is 2.24. The lowest BCUT2D eigenvalue weighted by molar-refractivity contribution is 0.0939. The van der Waals surface area contributed by atoms with Gasteiger partial charge < -0.3 is 14.8 Å². The molecule has 0 bridgehead atoms. The Morgan fingerprint density at radius 3 is 2.54 bits per heavy atom. The second kappa shape index (κ2) is 8.55. The van der Waals surface area contributed by atoms with E-state index in [0.717, 1.165) is 5.56 Å². The van der Waals surface area contributed by atoms with Crippen molar-refractivity contribution >= 4 is 17.5 Å². The van der Waals surface area contributed by atoms with Gasteiger partial charge in [-0.3, -0.25) is 4.79 Å². The molecule has 2 rings (SSSR count). The molecule has 0 saturated heterocycles. The van der Waals surface area contributed by atoms with Gasteiger partial charge in [0.2, 0.25) is 0 Å². The fraction of sp³-hybridized carbons (Fsp3) is 0.333. The molecule has 24 heavy (non-hydrogen) atoms. The number of aromatic nitrogens is 1. The van der Waals surface area contributed by atoms with Crippen molar-refractivity contribution in [2.45, 2.75) is 26.8 Å². The molecular weight excluding hydrogens is 328 g/mol. The average Bonchev–Trinajstić information content (AvgIpc) is 2.56. The highest BCUT2D eigenvalue weighted by molar-refractivity contribution is 6.29. The van der Waals surface area contributed by atoms with Crippen LogP contribution >= 0.6 is 11.6 Å². The summed E-state index contributed by atoms with van der Waals surface area (Å²) < 4.78 is 11.2. The average molecular weight is 349 g/mol. The zero-order chi connectivity index (χ0) is 17.5. The van der Waals surface area contributed by atoms with E-state index in [1.54, 1.807) is 6.07 Å². The number of hydrogen-bond acceptors (Lipinski definition) is 4. The topological polar surface area (TPSA) is 60.5 Å². The van der Waals surface area contributed by atoms with Crippen molar-refractivity contribution in [1.82, 2.24) is 10.3 Å². The van der Waals surface area contributed by atoms with E-state index >= 15 is 0 Å². The first-order chi connectivity index (χ1) is 11.5. The van der Waals surface area contributed by atoms with E-state index < -0.39 is 0 Å². The van der Waals surface area contributed by atoms with Gasteiger partial charge in [0.1, 0.15) is 5.15 Å². The molecule has 5 nitrogen and oxygen atoms in total. The number of carbonyl (C=O) groups is 1. The van der Waals surface area contributed by atoms with Gasteiger partial charge in [-0.05, 0) is 50.6 Å². The van der Waals surface area contributed by atoms with Crippen LogP contribution in [0.1, 0.15) is 42.7 Å². The lowest BCUT2D eigenvalue weighted by Crippen LogP contribution is -2.26. The summed E-state index contributed by atoms with van der Waals surface area (Å²) in [5, 5.41) is 3.23. The van der Waals surface area contributed by atoms with Crippen LogP contribution in [-0.2, 0) is 0 Å². The van der Waals surface area contributed by atoms with Gasteiger partial charge in [-0.25, -0.2) is 4.98 Å². The molecule has 1 heterocycles. The van der Waals surface area contributed by atoms with Crippen LogP contribution in [0.4, 0.5) is 0 Å².